The molecule has 2 aliphatic carbocycles. The number of halogens is 1. The van der Waals surface area contributed by atoms with E-state index >= 15 is 0 Å². The molecule has 2 heteroatoms. The van der Waals surface area contributed by atoms with Gasteiger partial charge in [0.05, 0.1) is 9.89 Å². The van der Waals surface area contributed by atoms with Crippen molar-refractivity contribution >= 4 is 37.9 Å². The lowest BCUT2D eigenvalue weighted by atomic mass is 9.55. The van der Waals surface area contributed by atoms with E-state index in [9.17, 15) is 0 Å². The van der Waals surface area contributed by atoms with Crippen molar-refractivity contribution in [3.8, 4) is 22.3 Å². The Morgan fingerprint density at radius 3 is 1.67 bits per heavy atom. The molecular formula is C40H27BrO. The molecule has 0 bridgehead atoms. The van der Waals surface area contributed by atoms with E-state index in [2.05, 4.69) is 151 Å². The van der Waals surface area contributed by atoms with Crippen molar-refractivity contribution in [1.82, 2.24) is 0 Å². The van der Waals surface area contributed by atoms with Gasteiger partial charge >= 0.3 is 0 Å². The minimum atomic E-state index is -0.407. The Balaban J connectivity index is 1.44. The van der Waals surface area contributed by atoms with Gasteiger partial charge in [-0.15, -0.1) is 0 Å². The number of furan rings is 1. The molecule has 0 aliphatic heterocycles. The van der Waals surface area contributed by atoms with Crippen LogP contribution in [0, 0.1) is 0 Å². The fourth-order valence-electron chi connectivity index (χ4n) is 8.13. The molecule has 42 heavy (non-hydrogen) atoms. The summed E-state index contributed by atoms with van der Waals surface area (Å²) in [5.74, 6) is 0. The van der Waals surface area contributed by atoms with Crippen molar-refractivity contribution in [3.05, 3.63) is 165 Å². The van der Waals surface area contributed by atoms with E-state index in [0.29, 0.717) is 0 Å². The van der Waals surface area contributed by atoms with E-state index in [1.54, 1.807) is 0 Å². The highest BCUT2D eigenvalue weighted by Gasteiger charge is 2.53. The second-order valence-electron chi connectivity index (χ2n) is 12.1. The normalized spacial score (nSPS) is 15.4. The third-order valence-electron chi connectivity index (χ3n) is 9.84. The summed E-state index contributed by atoms with van der Waals surface area (Å²) in [6.07, 6.45) is 0. The maximum atomic E-state index is 6.65. The first-order valence-corrected chi connectivity index (χ1v) is 15.4. The van der Waals surface area contributed by atoms with Crippen LogP contribution < -0.4 is 0 Å². The molecule has 0 radical (unpaired) electrons. The highest BCUT2D eigenvalue weighted by atomic mass is 79.9. The van der Waals surface area contributed by atoms with Gasteiger partial charge in [0.1, 0.15) is 11.2 Å². The summed E-state index contributed by atoms with van der Waals surface area (Å²) in [6, 6.07) is 47.0. The summed E-state index contributed by atoms with van der Waals surface area (Å²) in [5.41, 5.74) is 14.4. The third kappa shape index (κ3) is 2.84. The van der Waals surface area contributed by atoms with Gasteiger partial charge in [-0.2, -0.15) is 0 Å². The topological polar surface area (TPSA) is 13.1 Å². The highest BCUT2D eigenvalue weighted by molar-refractivity contribution is 9.10. The molecule has 0 amide bonds. The Kier molecular flexibility index (Phi) is 4.81. The number of fused-ring (bicyclic) bond motifs is 12. The van der Waals surface area contributed by atoms with Crippen LogP contribution >= 0.6 is 15.9 Å². The Bertz CT molecular complexity index is 2200. The lowest BCUT2D eigenvalue weighted by molar-refractivity contribution is 0.563. The average molecular weight is 604 g/mol. The monoisotopic (exact) mass is 602 g/mol. The van der Waals surface area contributed by atoms with Crippen molar-refractivity contribution in [2.45, 2.75) is 24.7 Å². The van der Waals surface area contributed by atoms with Crippen LogP contribution in [0.2, 0.25) is 0 Å². The van der Waals surface area contributed by atoms with Gasteiger partial charge in [0.25, 0.3) is 0 Å². The number of hydrogen-bond acceptors (Lipinski definition) is 1. The first-order valence-electron chi connectivity index (χ1n) is 14.6. The molecule has 1 nitrogen and oxygen atoms in total. The molecule has 0 N–H and O–H groups in total. The summed E-state index contributed by atoms with van der Waals surface area (Å²) in [7, 11) is 0. The molecular weight excluding hydrogens is 576 g/mol. The molecule has 0 saturated carbocycles. The maximum absolute atomic E-state index is 6.65. The van der Waals surface area contributed by atoms with Gasteiger partial charge in [0.2, 0.25) is 0 Å². The fraction of sp³-hybridized carbons (Fsp3) is 0.100. The summed E-state index contributed by atoms with van der Waals surface area (Å²) in [6.45, 7) is 4.74. The lowest BCUT2D eigenvalue weighted by Crippen LogP contribution is -2.40. The number of benzene rings is 6. The molecule has 9 rings (SSSR count). The summed E-state index contributed by atoms with van der Waals surface area (Å²) in [4.78, 5) is 0. The molecule has 0 fully saturated rings. The highest BCUT2D eigenvalue weighted by Crippen LogP contribution is 2.63. The summed E-state index contributed by atoms with van der Waals surface area (Å²) < 4.78 is 7.62. The largest absolute Gasteiger partial charge is 0.454 e. The van der Waals surface area contributed by atoms with Crippen LogP contribution in [-0.2, 0) is 10.8 Å². The predicted molar refractivity (Wildman–Crippen MR) is 176 cm³/mol. The zero-order valence-corrected chi connectivity index (χ0v) is 25.0. The van der Waals surface area contributed by atoms with Crippen LogP contribution in [0.5, 0.6) is 0 Å². The smallest absolute Gasteiger partial charge is 0.149 e. The van der Waals surface area contributed by atoms with Gasteiger partial charge in [-0.1, -0.05) is 135 Å². The molecule has 0 atom stereocenters. The standard InChI is InChI=1S/C40H27BrO/c1-39(2)30-18-5-7-20-32(30)40(33-21-8-6-19-31(33)39)29-17-4-3-12-28(29)36-24(13-10-22-34(36)40)25-14-9-15-26-27-16-11-23-35(41)38(27)42-37(25)26/h3-23H,1-2H3. The average Bonchev–Trinajstić information content (AvgIpc) is 3.56. The molecule has 200 valence electrons. The molecule has 1 spiro atoms. The van der Waals surface area contributed by atoms with Gasteiger partial charge < -0.3 is 4.42 Å². The van der Waals surface area contributed by atoms with Crippen LogP contribution in [0.3, 0.4) is 0 Å². The zero-order valence-electron chi connectivity index (χ0n) is 23.4. The third-order valence-corrected chi connectivity index (χ3v) is 10.5. The SMILES string of the molecule is CC1(C)c2ccccc2C2(c3ccccc3-c3c(-c4cccc5c4oc4c(Br)cccc45)cccc32)c2ccccc21. The van der Waals surface area contributed by atoms with E-state index in [0.717, 1.165) is 32.0 Å². The Labute approximate surface area is 253 Å². The van der Waals surface area contributed by atoms with Crippen LogP contribution in [0.4, 0.5) is 0 Å². The quantitative estimate of drug-likeness (QED) is 0.182. The van der Waals surface area contributed by atoms with E-state index in [1.165, 1.54) is 50.1 Å². The number of hydrogen-bond donors (Lipinski definition) is 0. The second-order valence-corrected chi connectivity index (χ2v) is 13.0. The maximum Gasteiger partial charge on any atom is 0.149 e. The van der Waals surface area contributed by atoms with Gasteiger partial charge in [0.15, 0.2) is 0 Å². The van der Waals surface area contributed by atoms with E-state index < -0.39 is 5.41 Å². The first-order chi connectivity index (χ1) is 20.5. The molecule has 0 saturated heterocycles. The van der Waals surface area contributed by atoms with Crippen LogP contribution in [-0.4, -0.2) is 0 Å². The molecule has 0 unspecified atom stereocenters. The van der Waals surface area contributed by atoms with Crippen molar-refractivity contribution in [3.63, 3.8) is 0 Å². The minimum Gasteiger partial charge on any atom is -0.454 e. The Hall–Kier alpha value is -4.40. The molecule has 7 aromatic rings. The molecule has 1 heterocycles. The van der Waals surface area contributed by atoms with E-state index in [1.807, 2.05) is 6.07 Å². The zero-order chi connectivity index (χ0) is 28.2. The van der Waals surface area contributed by atoms with Crippen LogP contribution in [0.1, 0.15) is 47.2 Å². The molecule has 6 aromatic carbocycles. The predicted octanol–water partition coefficient (Wildman–Crippen LogP) is 11.0. The number of para-hydroxylation sites is 2. The molecule has 2 aliphatic rings. The van der Waals surface area contributed by atoms with Crippen molar-refractivity contribution in [1.29, 1.82) is 0 Å². The lowest BCUT2D eigenvalue weighted by Gasteiger charge is -2.46. The van der Waals surface area contributed by atoms with Gasteiger partial charge in [-0.05, 0) is 72.1 Å². The van der Waals surface area contributed by atoms with Crippen LogP contribution in [0.25, 0.3) is 44.2 Å². The Morgan fingerprint density at radius 2 is 0.952 bits per heavy atom. The van der Waals surface area contributed by atoms with Crippen molar-refractivity contribution in [2.24, 2.45) is 0 Å². The molecule has 1 aromatic heterocycles. The number of rotatable bonds is 1. The fourth-order valence-corrected chi connectivity index (χ4v) is 8.58. The minimum absolute atomic E-state index is 0.110. The van der Waals surface area contributed by atoms with Crippen molar-refractivity contribution in [2.75, 3.05) is 0 Å². The summed E-state index contributed by atoms with van der Waals surface area (Å²) in [5, 5.41) is 2.26. The second kappa shape index (κ2) is 8.33. The van der Waals surface area contributed by atoms with Gasteiger partial charge in [0, 0.05) is 21.8 Å². The van der Waals surface area contributed by atoms with E-state index in [-0.39, 0.29) is 5.41 Å². The Morgan fingerprint density at radius 1 is 0.452 bits per heavy atom. The van der Waals surface area contributed by atoms with Crippen LogP contribution in [0.15, 0.2) is 136 Å². The first kappa shape index (κ1) is 24.2. The van der Waals surface area contributed by atoms with Gasteiger partial charge in [-0.3, -0.25) is 0 Å². The van der Waals surface area contributed by atoms with Gasteiger partial charge in [-0.25, -0.2) is 0 Å². The van der Waals surface area contributed by atoms with E-state index in [4.69, 9.17) is 4.42 Å². The van der Waals surface area contributed by atoms with Crippen molar-refractivity contribution < 1.29 is 4.42 Å². The summed E-state index contributed by atoms with van der Waals surface area (Å²) >= 11 is 3.72.